The summed E-state index contributed by atoms with van der Waals surface area (Å²) in [5.74, 6) is -0.881. The molecule has 0 unspecified atom stereocenters. The fourth-order valence-corrected chi connectivity index (χ4v) is 3.10. The van der Waals surface area contributed by atoms with Gasteiger partial charge in [0.15, 0.2) is 0 Å². The number of carboxylic acid groups (broad SMARTS) is 1. The van der Waals surface area contributed by atoms with Crippen LogP contribution in [-0.4, -0.2) is 37.5 Å². The molecule has 0 saturated heterocycles. The topological polar surface area (TPSA) is 83.5 Å². The predicted molar refractivity (Wildman–Crippen MR) is 71.2 cm³/mol. The number of rotatable bonds is 8. The van der Waals surface area contributed by atoms with E-state index in [9.17, 15) is 13.2 Å². The van der Waals surface area contributed by atoms with Gasteiger partial charge in [0.25, 0.3) is 0 Å². The van der Waals surface area contributed by atoms with Crippen molar-refractivity contribution < 1.29 is 18.3 Å². The first-order valence-electron chi connectivity index (χ1n) is 5.36. The van der Waals surface area contributed by atoms with Gasteiger partial charge in [-0.25, -0.2) is 13.1 Å². The van der Waals surface area contributed by atoms with E-state index in [4.69, 9.17) is 5.11 Å². The predicted octanol–water partition coefficient (Wildman–Crippen LogP) is 1.17. The summed E-state index contributed by atoms with van der Waals surface area (Å²) in [6, 6.07) is 9.64. The molecule has 1 aromatic rings. The van der Waals surface area contributed by atoms with E-state index in [0.717, 1.165) is 4.90 Å². The third kappa shape index (κ3) is 6.63. The quantitative estimate of drug-likeness (QED) is 0.554. The van der Waals surface area contributed by atoms with E-state index in [2.05, 4.69) is 4.72 Å². The van der Waals surface area contributed by atoms with Gasteiger partial charge in [-0.3, -0.25) is 4.79 Å². The SMILES string of the molecule is O=C(O)CCS(=O)(=O)NCCSc1ccccc1. The molecule has 0 atom stereocenters. The average Bonchev–Trinajstić information content (AvgIpc) is 2.34. The molecule has 0 aliphatic heterocycles. The number of benzene rings is 1. The minimum atomic E-state index is -3.48. The van der Waals surface area contributed by atoms with E-state index in [-0.39, 0.29) is 12.2 Å². The van der Waals surface area contributed by atoms with Crippen molar-refractivity contribution in [1.82, 2.24) is 4.72 Å². The van der Waals surface area contributed by atoms with Gasteiger partial charge in [0.1, 0.15) is 0 Å². The Bertz CT molecular complexity index is 473. The number of sulfonamides is 1. The molecule has 0 bridgehead atoms. The maximum atomic E-state index is 11.4. The largest absolute Gasteiger partial charge is 0.481 e. The lowest BCUT2D eigenvalue weighted by Crippen LogP contribution is -2.29. The molecule has 0 radical (unpaired) electrons. The molecule has 0 heterocycles. The lowest BCUT2D eigenvalue weighted by atomic mass is 10.4. The zero-order valence-corrected chi connectivity index (χ0v) is 11.3. The lowest BCUT2D eigenvalue weighted by molar-refractivity contribution is -0.136. The Morgan fingerprint density at radius 1 is 1.28 bits per heavy atom. The van der Waals surface area contributed by atoms with E-state index in [1.165, 1.54) is 0 Å². The van der Waals surface area contributed by atoms with Gasteiger partial charge in [-0.2, -0.15) is 0 Å². The molecule has 0 saturated carbocycles. The van der Waals surface area contributed by atoms with Crippen LogP contribution in [-0.2, 0) is 14.8 Å². The van der Waals surface area contributed by atoms with Gasteiger partial charge in [0.05, 0.1) is 12.2 Å². The number of carbonyl (C=O) groups is 1. The molecule has 7 heteroatoms. The first kappa shape index (κ1) is 15.0. The lowest BCUT2D eigenvalue weighted by Gasteiger charge is -2.05. The second kappa shape index (κ2) is 7.40. The van der Waals surface area contributed by atoms with Gasteiger partial charge in [-0.1, -0.05) is 18.2 Å². The standard InChI is InChI=1S/C11H15NO4S2/c13-11(14)6-9-18(15,16)12-7-8-17-10-4-2-1-3-5-10/h1-5,12H,6-9H2,(H,13,14). The van der Waals surface area contributed by atoms with Crippen LogP contribution in [0.2, 0.25) is 0 Å². The molecule has 0 aliphatic carbocycles. The Hall–Kier alpha value is -1.05. The normalized spacial score (nSPS) is 11.3. The molecule has 0 aromatic heterocycles. The van der Waals surface area contributed by atoms with Crippen molar-refractivity contribution in [2.24, 2.45) is 0 Å². The second-order valence-electron chi connectivity index (χ2n) is 3.52. The Morgan fingerprint density at radius 3 is 2.56 bits per heavy atom. The van der Waals surface area contributed by atoms with Crippen molar-refractivity contribution in [1.29, 1.82) is 0 Å². The molecule has 5 nitrogen and oxygen atoms in total. The molecule has 0 spiro atoms. The van der Waals surface area contributed by atoms with Crippen LogP contribution < -0.4 is 4.72 Å². The first-order valence-corrected chi connectivity index (χ1v) is 8.00. The second-order valence-corrected chi connectivity index (χ2v) is 6.61. The van der Waals surface area contributed by atoms with Crippen molar-refractivity contribution in [2.45, 2.75) is 11.3 Å². The number of thioether (sulfide) groups is 1. The number of nitrogens with one attached hydrogen (secondary N) is 1. The van der Waals surface area contributed by atoms with Gasteiger partial charge >= 0.3 is 5.97 Å². The van der Waals surface area contributed by atoms with E-state index in [0.29, 0.717) is 12.3 Å². The van der Waals surface area contributed by atoms with Crippen LogP contribution in [0.25, 0.3) is 0 Å². The molecule has 1 aromatic carbocycles. The number of aliphatic carboxylic acids is 1. The van der Waals surface area contributed by atoms with E-state index < -0.39 is 16.0 Å². The van der Waals surface area contributed by atoms with E-state index in [1.807, 2.05) is 30.3 Å². The van der Waals surface area contributed by atoms with E-state index >= 15 is 0 Å². The Labute approximate surface area is 111 Å². The molecular formula is C11H15NO4S2. The molecule has 0 fully saturated rings. The highest BCUT2D eigenvalue weighted by molar-refractivity contribution is 7.99. The molecule has 0 amide bonds. The van der Waals surface area contributed by atoms with Crippen LogP contribution in [0.4, 0.5) is 0 Å². The van der Waals surface area contributed by atoms with Crippen molar-refractivity contribution in [3.8, 4) is 0 Å². The summed E-state index contributed by atoms with van der Waals surface area (Å²) < 4.78 is 25.1. The number of hydrogen-bond donors (Lipinski definition) is 2. The Balaban J connectivity index is 2.23. The number of carboxylic acids is 1. The van der Waals surface area contributed by atoms with Crippen LogP contribution in [0.15, 0.2) is 35.2 Å². The fourth-order valence-electron chi connectivity index (χ4n) is 1.18. The summed E-state index contributed by atoms with van der Waals surface area (Å²) in [7, 11) is -3.48. The van der Waals surface area contributed by atoms with Gasteiger partial charge in [-0.15, -0.1) is 11.8 Å². The molecule has 100 valence electrons. The third-order valence-electron chi connectivity index (χ3n) is 2.02. The van der Waals surface area contributed by atoms with Gasteiger partial charge in [0.2, 0.25) is 10.0 Å². The monoisotopic (exact) mass is 289 g/mol. The van der Waals surface area contributed by atoms with Crippen molar-refractivity contribution in [3.63, 3.8) is 0 Å². The maximum absolute atomic E-state index is 11.4. The summed E-state index contributed by atoms with van der Waals surface area (Å²) >= 11 is 1.54. The summed E-state index contributed by atoms with van der Waals surface area (Å²) in [5, 5.41) is 8.40. The third-order valence-corrected chi connectivity index (χ3v) is 4.42. The molecule has 2 N–H and O–H groups in total. The summed E-state index contributed by atoms with van der Waals surface area (Å²) in [4.78, 5) is 11.3. The summed E-state index contributed by atoms with van der Waals surface area (Å²) in [5.41, 5.74) is 0. The van der Waals surface area contributed by atoms with Crippen LogP contribution in [0.5, 0.6) is 0 Å². The van der Waals surface area contributed by atoms with Crippen LogP contribution in [0.3, 0.4) is 0 Å². The minimum absolute atomic E-state index is 0.293. The van der Waals surface area contributed by atoms with Gasteiger partial charge in [-0.05, 0) is 12.1 Å². The summed E-state index contributed by atoms with van der Waals surface area (Å²) in [6.45, 7) is 0.293. The molecule has 1 rings (SSSR count). The Kier molecular flexibility index (Phi) is 6.17. The zero-order valence-electron chi connectivity index (χ0n) is 9.70. The van der Waals surface area contributed by atoms with Crippen molar-refractivity contribution in [3.05, 3.63) is 30.3 Å². The van der Waals surface area contributed by atoms with Crippen LogP contribution >= 0.6 is 11.8 Å². The zero-order chi connectivity index (χ0) is 13.4. The smallest absolute Gasteiger partial charge is 0.304 e. The van der Waals surface area contributed by atoms with Crippen molar-refractivity contribution >= 4 is 27.8 Å². The highest BCUT2D eigenvalue weighted by Crippen LogP contribution is 2.15. The highest BCUT2D eigenvalue weighted by Gasteiger charge is 2.11. The van der Waals surface area contributed by atoms with E-state index in [1.54, 1.807) is 11.8 Å². The molecular weight excluding hydrogens is 274 g/mol. The summed E-state index contributed by atoms with van der Waals surface area (Å²) in [6.07, 6.45) is -0.374. The Morgan fingerprint density at radius 2 is 1.94 bits per heavy atom. The van der Waals surface area contributed by atoms with Gasteiger partial charge < -0.3 is 5.11 Å². The minimum Gasteiger partial charge on any atom is -0.481 e. The number of hydrogen-bond acceptors (Lipinski definition) is 4. The van der Waals surface area contributed by atoms with Gasteiger partial charge in [0, 0.05) is 17.2 Å². The van der Waals surface area contributed by atoms with Crippen LogP contribution in [0.1, 0.15) is 6.42 Å². The molecule has 18 heavy (non-hydrogen) atoms. The average molecular weight is 289 g/mol. The van der Waals surface area contributed by atoms with Crippen LogP contribution in [0, 0.1) is 0 Å². The fraction of sp³-hybridized carbons (Fsp3) is 0.364. The maximum Gasteiger partial charge on any atom is 0.304 e. The molecule has 0 aliphatic rings. The first-order chi connectivity index (χ1) is 8.49. The van der Waals surface area contributed by atoms with Crippen molar-refractivity contribution in [2.75, 3.05) is 18.1 Å². The highest BCUT2D eigenvalue weighted by atomic mass is 32.2.